The SMILES string of the molecule is CC(=O)[B]C(c1ccc(Cl)s1)C(C)C. The molecular weight excluding hydrogens is 214 g/mol. The Bertz CT molecular complexity index is 322. The van der Waals surface area contributed by atoms with Crippen LogP contribution < -0.4 is 0 Å². The predicted octanol–water partition coefficient (Wildman–Crippen LogP) is 3.35. The van der Waals surface area contributed by atoms with E-state index in [2.05, 4.69) is 13.8 Å². The lowest BCUT2D eigenvalue weighted by Crippen LogP contribution is -2.19. The molecule has 75 valence electrons. The molecule has 0 saturated heterocycles. The molecule has 0 saturated carbocycles. The first-order chi connectivity index (χ1) is 6.50. The lowest BCUT2D eigenvalue weighted by atomic mass is 9.57. The molecule has 0 aliphatic rings. The van der Waals surface area contributed by atoms with E-state index in [-0.39, 0.29) is 11.5 Å². The summed E-state index contributed by atoms with van der Waals surface area (Å²) in [6.45, 7) is 5.81. The van der Waals surface area contributed by atoms with Gasteiger partial charge in [0.15, 0.2) is 0 Å². The van der Waals surface area contributed by atoms with Crippen molar-refractivity contribution in [3.05, 3.63) is 21.3 Å². The normalized spacial score (nSPS) is 12.9. The highest BCUT2D eigenvalue weighted by atomic mass is 35.5. The van der Waals surface area contributed by atoms with Crippen LogP contribution in [0.3, 0.4) is 0 Å². The van der Waals surface area contributed by atoms with Crippen molar-refractivity contribution in [2.75, 3.05) is 0 Å². The van der Waals surface area contributed by atoms with Gasteiger partial charge in [0, 0.05) is 4.88 Å². The van der Waals surface area contributed by atoms with Crippen molar-refractivity contribution in [2.45, 2.75) is 26.6 Å². The maximum atomic E-state index is 11.1. The molecular formula is C10H13BClOS. The lowest BCUT2D eigenvalue weighted by Gasteiger charge is -2.16. The van der Waals surface area contributed by atoms with Crippen LogP contribution in [0, 0.1) is 5.92 Å². The molecule has 0 bridgehead atoms. The second-order valence-electron chi connectivity index (χ2n) is 3.69. The zero-order valence-electron chi connectivity index (χ0n) is 8.58. The molecule has 0 amide bonds. The second-order valence-corrected chi connectivity index (χ2v) is 5.44. The Kier molecular flexibility index (Phi) is 4.20. The van der Waals surface area contributed by atoms with Crippen LogP contribution in [0.4, 0.5) is 0 Å². The molecule has 1 radical (unpaired) electrons. The van der Waals surface area contributed by atoms with Gasteiger partial charge >= 0.3 is 0 Å². The summed E-state index contributed by atoms with van der Waals surface area (Å²) in [5.74, 6) is 0.624. The Labute approximate surface area is 94.7 Å². The van der Waals surface area contributed by atoms with Crippen LogP contribution in [0.25, 0.3) is 0 Å². The van der Waals surface area contributed by atoms with Crippen molar-refractivity contribution in [1.29, 1.82) is 0 Å². The van der Waals surface area contributed by atoms with Gasteiger partial charge in [-0.05, 0) is 30.8 Å². The van der Waals surface area contributed by atoms with Gasteiger partial charge in [0.2, 0.25) is 7.28 Å². The highest BCUT2D eigenvalue weighted by Gasteiger charge is 2.20. The van der Waals surface area contributed by atoms with Crippen molar-refractivity contribution < 1.29 is 4.79 Å². The largest absolute Gasteiger partial charge is 0.312 e. The van der Waals surface area contributed by atoms with Crippen molar-refractivity contribution in [3.63, 3.8) is 0 Å². The van der Waals surface area contributed by atoms with E-state index in [1.807, 2.05) is 12.1 Å². The molecule has 1 nitrogen and oxygen atoms in total. The number of rotatable bonds is 4. The zero-order chi connectivity index (χ0) is 10.7. The molecule has 1 unspecified atom stereocenters. The van der Waals surface area contributed by atoms with Crippen LogP contribution in [0.1, 0.15) is 31.5 Å². The number of hydrogen-bond donors (Lipinski definition) is 0. The maximum Gasteiger partial charge on any atom is 0.211 e. The molecule has 1 aromatic rings. The van der Waals surface area contributed by atoms with Crippen LogP contribution in [-0.4, -0.2) is 13.0 Å². The molecule has 1 atom stereocenters. The third kappa shape index (κ3) is 3.14. The third-order valence-electron chi connectivity index (χ3n) is 2.06. The molecule has 4 heteroatoms. The number of thiophene rings is 1. The zero-order valence-corrected chi connectivity index (χ0v) is 10.2. The van der Waals surface area contributed by atoms with Crippen LogP contribution in [0.5, 0.6) is 0 Å². The van der Waals surface area contributed by atoms with Gasteiger partial charge < -0.3 is 4.79 Å². The highest BCUT2D eigenvalue weighted by Crippen LogP contribution is 2.31. The maximum absolute atomic E-state index is 11.1. The summed E-state index contributed by atoms with van der Waals surface area (Å²) in [5, 5.41) is 0. The smallest absolute Gasteiger partial charge is 0.211 e. The average molecular weight is 228 g/mol. The molecule has 0 N–H and O–H groups in total. The van der Waals surface area contributed by atoms with E-state index in [9.17, 15) is 4.79 Å². The Hall–Kier alpha value is -0.275. The van der Waals surface area contributed by atoms with Crippen molar-refractivity contribution >= 4 is 35.9 Å². The molecule has 0 aromatic carbocycles. The molecule has 14 heavy (non-hydrogen) atoms. The summed E-state index contributed by atoms with van der Waals surface area (Å²) in [4.78, 5) is 12.2. The number of halogens is 1. The third-order valence-corrected chi connectivity index (χ3v) is 3.39. The minimum atomic E-state index is 0.119. The van der Waals surface area contributed by atoms with Crippen LogP contribution in [0.2, 0.25) is 4.34 Å². The van der Waals surface area contributed by atoms with Crippen LogP contribution >= 0.6 is 22.9 Å². The van der Waals surface area contributed by atoms with E-state index in [1.54, 1.807) is 25.5 Å². The summed E-state index contributed by atoms with van der Waals surface area (Å²) in [7, 11) is 1.77. The minimum absolute atomic E-state index is 0.119. The fraction of sp³-hybridized carbons (Fsp3) is 0.500. The second kappa shape index (κ2) is 4.99. The van der Waals surface area contributed by atoms with Gasteiger partial charge in [0.05, 0.1) is 10.0 Å². The van der Waals surface area contributed by atoms with Crippen LogP contribution in [0.15, 0.2) is 12.1 Å². The van der Waals surface area contributed by atoms with Gasteiger partial charge in [-0.1, -0.05) is 25.4 Å². The van der Waals surface area contributed by atoms with Crippen LogP contribution in [-0.2, 0) is 4.79 Å². The van der Waals surface area contributed by atoms with Crippen molar-refractivity contribution in [1.82, 2.24) is 0 Å². The first-order valence-electron chi connectivity index (χ1n) is 4.61. The summed E-state index contributed by atoms with van der Waals surface area (Å²) in [6.07, 6.45) is 0. The van der Waals surface area contributed by atoms with Gasteiger partial charge in [-0.25, -0.2) is 0 Å². The molecule has 1 aromatic heterocycles. The molecule has 0 spiro atoms. The summed E-state index contributed by atoms with van der Waals surface area (Å²) in [6, 6.07) is 3.88. The Morgan fingerprint density at radius 1 is 1.50 bits per heavy atom. The quantitative estimate of drug-likeness (QED) is 0.721. The van der Waals surface area contributed by atoms with E-state index in [1.165, 1.54) is 4.88 Å². The Morgan fingerprint density at radius 3 is 2.50 bits per heavy atom. The first kappa shape index (κ1) is 11.8. The molecule has 1 heterocycles. The fourth-order valence-corrected chi connectivity index (χ4v) is 2.67. The lowest BCUT2D eigenvalue weighted by molar-refractivity contribution is -0.110. The Morgan fingerprint density at radius 2 is 2.14 bits per heavy atom. The van der Waals surface area contributed by atoms with E-state index in [0.29, 0.717) is 5.92 Å². The van der Waals surface area contributed by atoms with Crippen molar-refractivity contribution in [2.24, 2.45) is 5.92 Å². The topological polar surface area (TPSA) is 17.1 Å². The van der Waals surface area contributed by atoms with Gasteiger partial charge in [-0.3, -0.25) is 0 Å². The Balaban J connectivity index is 2.82. The average Bonchev–Trinajstić information content (AvgIpc) is 2.46. The molecule has 0 fully saturated rings. The molecule has 0 aliphatic carbocycles. The van der Waals surface area contributed by atoms with Gasteiger partial charge in [-0.2, -0.15) is 0 Å². The van der Waals surface area contributed by atoms with Crippen molar-refractivity contribution in [3.8, 4) is 0 Å². The summed E-state index contributed by atoms with van der Waals surface area (Å²) < 4.78 is 0.780. The summed E-state index contributed by atoms with van der Waals surface area (Å²) in [5.41, 5.74) is 0.119. The highest BCUT2D eigenvalue weighted by molar-refractivity contribution is 7.16. The summed E-state index contributed by atoms with van der Waals surface area (Å²) >= 11 is 7.41. The monoisotopic (exact) mass is 227 g/mol. The minimum Gasteiger partial charge on any atom is -0.312 e. The van der Waals surface area contributed by atoms with E-state index < -0.39 is 0 Å². The standard InChI is InChI=1S/C10H13BClOS/c1-6(2)10(11-7(3)13)8-4-5-9(12)14-8/h4-6,10H,1-3H3. The molecule has 1 rings (SSSR count). The number of hydrogen-bond acceptors (Lipinski definition) is 2. The molecule has 0 aliphatic heterocycles. The van der Waals surface area contributed by atoms with E-state index in [0.717, 1.165) is 4.34 Å². The van der Waals surface area contributed by atoms with Gasteiger partial charge in [-0.15, -0.1) is 11.3 Å². The van der Waals surface area contributed by atoms with E-state index >= 15 is 0 Å². The first-order valence-corrected chi connectivity index (χ1v) is 5.81. The predicted molar refractivity (Wildman–Crippen MR) is 63.3 cm³/mol. The number of carbonyl (C=O) groups is 1. The van der Waals surface area contributed by atoms with E-state index in [4.69, 9.17) is 11.6 Å². The fourth-order valence-electron chi connectivity index (χ4n) is 1.36. The number of carbonyl (C=O) groups excluding carboxylic acids is 1. The van der Waals surface area contributed by atoms with Gasteiger partial charge in [0.1, 0.15) is 0 Å². The van der Waals surface area contributed by atoms with Gasteiger partial charge in [0.25, 0.3) is 0 Å².